The van der Waals surface area contributed by atoms with Crippen molar-refractivity contribution in [1.29, 1.82) is 0 Å². The molecule has 0 amide bonds. The SMILES string of the molecule is Cc1ccc(C(Cl)Cc2ccccc2C)cc1C. The highest BCUT2D eigenvalue weighted by Crippen LogP contribution is 2.27. The summed E-state index contributed by atoms with van der Waals surface area (Å²) in [7, 11) is 0. The maximum absolute atomic E-state index is 6.54. The molecule has 2 aromatic carbocycles. The van der Waals surface area contributed by atoms with Gasteiger partial charge in [-0.2, -0.15) is 0 Å². The summed E-state index contributed by atoms with van der Waals surface area (Å²) in [5, 5.41) is 0.0467. The molecule has 0 aliphatic rings. The molecule has 0 radical (unpaired) electrons. The van der Waals surface area contributed by atoms with Gasteiger partial charge in [0, 0.05) is 0 Å². The Morgan fingerprint density at radius 1 is 0.889 bits per heavy atom. The molecule has 0 bridgehead atoms. The van der Waals surface area contributed by atoms with Crippen LogP contribution in [0, 0.1) is 20.8 Å². The number of hydrogen-bond donors (Lipinski definition) is 0. The first-order valence-corrected chi connectivity index (χ1v) is 6.77. The number of halogens is 1. The Balaban J connectivity index is 2.19. The molecule has 1 atom stereocenters. The molecule has 0 N–H and O–H groups in total. The van der Waals surface area contributed by atoms with E-state index in [1.54, 1.807) is 0 Å². The second-order valence-corrected chi connectivity index (χ2v) is 5.47. The van der Waals surface area contributed by atoms with Crippen LogP contribution in [-0.2, 0) is 6.42 Å². The van der Waals surface area contributed by atoms with Gasteiger partial charge < -0.3 is 0 Å². The van der Waals surface area contributed by atoms with Gasteiger partial charge in [-0.15, -0.1) is 11.6 Å². The van der Waals surface area contributed by atoms with Gasteiger partial charge in [0.05, 0.1) is 5.38 Å². The van der Waals surface area contributed by atoms with Crippen LogP contribution in [0.25, 0.3) is 0 Å². The predicted octanol–water partition coefficient (Wildman–Crippen LogP) is 5.13. The number of aryl methyl sites for hydroxylation is 3. The molecule has 94 valence electrons. The smallest absolute Gasteiger partial charge is 0.0625 e. The molecule has 0 saturated carbocycles. The van der Waals surface area contributed by atoms with Crippen molar-refractivity contribution >= 4 is 11.6 Å². The molecule has 0 aliphatic heterocycles. The number of benzene rings is 2. The average molecular weight is 259 g/mol. The van der Waals surface area contributed by atoms with Gasteiger partial charge in [-0.3, -0.25) is 0 Å². The summed E-state index contributed by atoms with van der Waals surface area (Å²) in [5.41, 5.74) is 6.48. The van der Waals surface area contributed by atoms with Crippen LogP contribution in [0.5, 0.6) is 0 Å². The van der Waals surface area contributed by atoms with E-state index in [9.17, 15) is 0 Å². The molecule has 0 heterocycles. The predicted molar refractivity (Wildman–Crippen MR) is 79.4 cm³/mol. The van der Waals surface area contributed by atoms with E-state index in [-0.39, 0.29) is 5.38 Å². The second kappa shape index (κ2) is 5.58. The minimum absolute atomic E-state index is 0.0467. The molecular formula is C17H19Cl. The summed E-state index contributed by atoms with van der Waals surface area (Å²) in [5.74, 6) is 0. The fourth-order valence-electron chi connectivity index (χ4n) is 2.11. The number of rotatable bonds is 3. The van der Waals surface area contributed by atoms with Crippen LogP contribution in [0.15, 0.2) is 42.5 Å². The van der Waals surface area contributed by atoms with Crippen LogP contribution in [0.2, 0.25) is 0 Å². The van der Waals surface area contributed by atoms with Crippen molar-refractivity contribution in [3.8, 4) is 0 Å². The summed E-state index contributed by atoms with van der Waals surface area (Å²) in [6.07, 6.45) is 0.886. The van der Waals surface area contributed by atoms with Crippen molar-refractivity contribution in [3.05, 3.63) is 70.3 Å². The van der Waals surface area contributed by atoms with Crippen molar-refractivity contribution in [1.82, 2.24) is 0 Å². The molecule has 0 aliphatic carbocycles. The van der Waals surface area contributed by atoms with Crippen molar-refractivity contribution < 1.29 is 0 Å². The Morgan fingerprint density at radius 3 is 2.28 bits per heavy atom. The third-order valence-corrected chi connectivity index (χ3v) is 3.96. The van der Waals surface area contributed by atoms with Crippen LogP contribution in [0.1, 0.15) is 33.2 Å². The monoisotopic (exact) mass is 258 g/mol. The molecule has 1 unspecified atom stereocenters. The van der Waals surface area contributed by atoms with E-state index in [2.05, 4.69) is 63.2 Å². The molecule has 2 rings (SSSR count). The van der Waals surface area contributed by atoms with Crippen molar-refractivity contribution in [2.75, 3.05) is 0 Å². The Morgan fingerprint density at radius 2 is 1.61 bits per heavy atom. The standard InChI is InChI=1S/C17H19Cl/c1-12-8-9-16(10-14(12)3)17(18)11-15-7-5-4-6-13(15)2/h4-10,17H,11H2,1-3H3. The Bertz CT molecular complexity index is 543. The van der Waals surface area contributed by atoms with Gasteiger partial charge in [0.1, 0.15) is 0 Å². The van der Waals surface area contributed by atoms with Gasteiger partial charge in [-0.05, 0) is 55.0 Å². The lowest BCUT2D eigenvalue weighted by Gasteiger charge is -2.13. The molecule has 0 aromatic heterocycles. The van der Waals surface area contributed by atoms with Crippen LogP contribution >= 0.6 is 11.6 Å². The van der Waals surface area contributed by atoms with E-state index in [0.29, 0.717) is 0 Å². The fourth-order valence-corrected chi connectivity index (χ4v) is 2.41. The minimum atomic E-state index is 0.0467. The molecule has 0 saturated heterocycles. The first-order valence-electron chi connectivity index (χ1n) is 6.33. The van der Waals surface area contributed by atoms with Crippen LogP contribution < -0.4 is 0 Å². The topological polar surface area (TPSA) is 0 Å². The first-order chi connectivity index (χ1) is 8.58. The quantitative estimate of drug-likeness (QED) is 0.669. The van der Waals surface area contributed by atoms with Crippen molar-refractivity contribution in [2.45, 2.75) is 32.6 Å². The van der Waals surface area contributed by atoms with Crippen LogP contribution in [0.3, 0.4) is 0 Å². The first kappa shape index (κ1) is 13.2. The zero-order valence-corrected chi connectivity index (χ0v) is 12.0. The van der Waals surface area contributed by atoms with Gasteiger partial charge in [0.15, 0.2) is 0 Å². The normalized spacial score (nSPS) is 12.4. The maximum Gasteiger partial charge on any atom is 0.0625 e. The lowest BCUT2D eigenvalue weighted by molar-refractivity contribution is 0.908. The summed E-state index contributed by atoms with van der Waals surface area (Å²) in [6, 6.07) is 14.9. The molecule has 2 aromatic rings. The van der Waals surface area contributed by atoms with E-state index in [0.717, 1.165) is 6.42 Å². The van der Waals surface area contributed by atoms with Crippen molar-refractivity contribution in [2.24, 2.45) is 0 Å². The van der Waals surface area contributed by atoms with Gasteiger partial charge >= 0.3 is 0 Å². The summed E-state index contributed by atoms with van der Waals surface area (Å²) >= 11 is 6.54. The molecule has 18 heavy (non-hydrogen) atoms. The van der Waals surface area contributed by atoms with E-state index in [1.165, 1.54) is 27.8 Å². The Hall–Kier alpha value is -1.27. The highest BCUT2D eigenvalue weighted by Gasteiger charge is 2.10. The van der Waals surface area contributed by atoms with Crippen LogP contribution in [0.4, 0.5) is 0 Å². The maximum atomic E-state index is 6.54. The van der Waals surface area contributed by atoms with Gasteiger partial charge in [0.2, 0.25) is 0 Å². The van der Waals surface area contributed by atoms with E-state index >= 15 is 0 Å². The average Bonchev–Trinajstić information content (AvgIpc) is 2.35. The Labute approximate surface area is 115 Å². The summed E-state index contributed by atoms with van der Waals surface area (Å²) in [6.45, 7) is 6.40. The molecule has 0 spiro atoms. The molecule has 1 heteroatoms. The van der Waals surface area contributed by atoms with E-state index in [4.69, 9.17) is 11.6 Å². The lowest BCUT2D eigenvalue weighted by atomic mass is 9.98. The summed E-state index contributed by atoms with van der Waals surface area (Å²) in [4.78, 5) is 0. The van der Waals surface area contributed by atoms with Gasteiger partial charge in [-0.1, -0.05) is 42.5 Å². The van der Waals surface area contributed by atoms with Crippen LogP contribution in [-0.4, -0.2) is 0 Å². The lowest BCUT2D eigenvalue weighted by Crippen LogP contribution is -1.98. The number of hydrogen-bond acceptors (Lipinski definition) is 0. The van der Waals surface area contributed by atoms with E-state index in [1.807, 2.05) is 0 Å². The molecular weight excluding hydrogens is 240 g/mol. The zero-order chi connectivity index (χ0) is 13.1. The van der Waals surface area contributed by atoms with E-state index < -0.39 is 0 Å². The Kier molecular flexibility index (Phi) is 4.08. The highest BCUT2D eigenvalue weighted by atomic mass is 35.5. The minimum Gasteiger partial charge on any atom is -0.117 e. The van der Waals surface area contributed by atoms with Crippen molar-refractivity contribution in [3.63, 3.8) is 0 Å². The third kappa shape index (κ3) is 2.94. The molecule has 0 fully saturated rings. The largest absolute Gasteiger partial charge is 0.117 e. The third-order valence-electron chi connectivity index (χ3n) is 3.55. The van der Waals surface area contributed by atoms with Gasteiger partial charge in [-0.25, -0.2) is 0 Å². The summed E-state index contributed by atoms with van der Waals surface area (Å²) < 4.78 is 0. The number of alkyl halides is 1. The zero-order valence-electron chi connectivity index (χ0n) is 11.2. The second-order valence-electron chi connectivity index (χ2n) is 4.94. The highest BCUT2D eigenvalue weighted by molar-refractivity contribution is 6.20. The molecule has 0 nitrogen and oxygen atoms in total. The van der Waals surface area contributed by atoms with Gasteiger partial charge in [0.25, 0.3) is 0 Å². The fraction of sp³-hybridized carbons (Fsp3) is 0.294.